The van der Waals surface area contributed by atoms with Gasteiger partial charge in [-0.05, 0) is 19.1 Å². The van der Waals surface area contributed by atoms with Gasteiger partial charge in [0, 0.05) is 0 Å². The molecule has 0 aliphatic heterocycles. The molecule has 0 heterocycles. The molecule has 0 spiro atoms. The predicted molar refractivity (Wildman–Crippen MR) is 58.4 cm³/mol. The normalized spacial score (nSPS) is 14.8. The third-order valence-electron chi connectivity index (χ3n) is 2.00. The highest BCUT2D eigenvalue weighted by Gasteiger charge is 2.38. The third kappa shape index (κ3) is 2.69. The second kappa shape index (κ2) is 4.27. The molecule has 0 amide bonds. The van der Waals surface area contributed by atoms with Gasteiger partial charge >= 0.3 is 7.60 Å². The summed E-state index contributed by atoms with van der Waals surface area (Å²) in [5.74, 6) is 0. The molecule has 16 heavy (non-hydrogen) atoms. The second-order valence-electron chi connectivity index (χ2n) is 3.34. The number of benzene rings is 1. The van der Waals surface area contributed by atoms with Gasteiger partial charge < -0.3 is 15.5 Å². The molecule has 6 nitrogen and oxygen atoms in total. The number of rotatable bonds is 3. The van der Waals surface area contributed by atoms with Gasteiger partial charge in [-0.25, -0.2) is 8.42 Å². The van der Waals surface area contributed by atoms with Crippen LogP contribution in [0.3, 0.4) is 0 Å². The van der Waals surface area contributed by atoms with E-state index < -0.39 is 22.5 Å². The Hall–Kier alpha value is -0.720. The number of aryl methyl sites for hydroxylation is 1. The van der Waals surface area contributed by atoms with Crippen LogP contribution in [0.2, 0.25) is 0 Å². The van der Waals surface area contributed by atoms with Crippen LogP contribution in [0.15, 0.2) is 29.2 Å². The van der Waals surface area contributed by atoms with Gasteiger partial charge in [0.25, 0.3) is 0 Å². The lowest BCUT2D eigenvalue weighted by Gasteiger charge is -2.14. The van der Waals surface area contributed by atoms with Gasteiger partial charge in [-0.3, -0.25) is 4.57 Å². The van der Waals surface area contributed by atoms with E-state index in [1.165, 1.54) is 24.3 Å². The van der Waals surface area contributed by atoms with Crippen LogP contribution in [-0.4, -0.2) is 23.3 Å². The minimum atomic E-state index is -4.87. The summed E-state index contributed by atoms with van der Waals surface area (Å²) in [6, 6.07) is 5.58. The summed E-state index contributed by atoms with van der Waals surface area (Å²) in [4.78, 5) is 17.3. The molecule has 0 aliphatic carbocycles. The Morgan fingerprint density at radius 3 is 2.06 bits per heavy atom. The van der Waals surface area contributed by atoms with Crippen molar-refractivity contribution >= 4 is 17.4 Å². The van der Waals surface area contributed by atoms with Gasteiger partial charge in [0.05, 0.1) is 4.90 Å². The number of nitrogens with two attached hydrogens (primary N) is 1. The minimum absolute atomic E-state index is 0.200. The lowest BCUT2D eigenvalue weighted by atomic mass is 10.2. The fraction of sp³-hybridized carbons (Fsp3) is 0.250. The zero-order valence-corrected chi connectivity index (χ0v) is 10.1. The molecule has 1 aromatic carbocycles. The first-order chi connectivity index (χ1) is 7.15. The van der Waals surface area contributed by atoms with E-state index in [1.54, 1.807) is 6.92 Å². The van der Waals surface area contributed by atoms with Gasteiger partial charge in [0.15, 0.2) is 0 Å². The van der Waals surface area contributed by atoms with Crippen molar-refractivity contribution in [3.63, 3.8) is 0 Å². The van der Waals surface area contributed by atoms with Crippen LogP contribution in [-0.2, 0) is 14.4 Å². The molecule has 0 radical (unpaired) electrons. The van der Waals surface area contributed by atoms with E-state index in [0.717, 1.165) is 5.56 Å². The number of sulfone groups is 1. The zero-order valence-electron chi connectivity index (χ0n) is 8.44. The van der Waals surface area contributed by atoms with E-state index in [2.05, 4.69) is 0 Å². The summed E-state index contributed by atoms with van der Waals surface area (Å²) in [6.45, 7) is 1.76. The van der Waals surface area contributed by atoms with Crippen LogP contribution < -0.4 is 5.73 Å². The van der Waals surface area contributed by atoms with E-state index in [1.807, 2.05) is 0 Å². The summed E-state index contributed by atoms with van der Waals surface area (Å²) >= 11 is 0. The predicted octanol–water partition coefficient (Wildman–Crippen LogP) is 0.189. The second-order valence-corrected chi connectivity index (χ2v) is 7.49. The van der Waals surface area contributed by atoms with Gasteiger partial charge in [0.1, 0.15) is 0 Å². The highest BCUT2D eigenvalue weighted by Crippen LogP contribution is 2.42. The summed E-state index contributed by atoms with van der Waals surface area (Å²) in [5, 5.41) is -2.22. The SMILES string of the molecule is Cc1ccc(S(=O)(=O)C(N)P(=O)(O)O)cc1. The molecule has 4 N–H and O–H groups in total. The fourth-order valence-corrected chi connectivity index (χ4v) is 3.65. The molecular formula is C8H12NO5PS. The topological polar surface area (TPSA) is 118 Å². The molecule has 0 aromatic heterocycles. The molecule has 0 aliphatic rings. The maximum absolute atomic E-state index is 11.7. The van der Waals surface area contributed by atoms with Crippen molar-refractivity contribution in [2.24, 2.45) is 5.73 Å². The lowest BCUT2D eigenvalue weighted by Crippen LogP contribution is -2.30. The van der Waals surface area contributed by atoms with E-state index in [4.69, 9.17) is 15.5 Å². The van der Waals surface area contributed by atoms with Crippen molar-refractivity contribution in [2.45, 2.75) is 16.9 Å². The minimum Gasteiger partial charge on any atom is -0.323 e. The van der Waals surface area contributed by atoms with Crippen LogP contribution in [0, 0.1) is 6.92 Å². The van der Waals surface area contributed by atoms with Crippen LogP contribution in [0.5, 0.6) is 0 Å². The molecule has 0 fully saturated rings. The van der Waals surface area contributed by atoms with Crippen molar-refractivity contribution in [1.82, 2.24) is 0 Å². The Morgan fingerprint density at radius 2 is 1.69 bits per heavy atom. The standard InChI is InChI=1S/C8H12NO5PS/c1-6-2-4-7(5-3-6)16(13,14)8(9)15(10,11)12/h2-5,8H,9H2,1H3,(H2,10,11,12). The highest BCUT2D eigenvalue weighted by molar-refractivity contribution is 7.98. The Morgan fingerprint density at radius 1 is 1.25 bits per heavy atom. The zero-order chi connectivity index (χ0) is 12.6. The molecule has 0 bridgehead atoms. The summed E-state index contributed by atoms with van der Waals surface area (Å²) in [6.07, 6.45) is 0. The van der Waals surface area contributed by atoms with Crippen LogP contribution in [0.4, 0.5) is 0 Å². The molecule has 1 aromatic rings. The van der Waals surface area contributed by atoms with Crippen LogP contribution in [0.25, 0.3) is 0 Å². The highest BCUT2D eigenvalue weighted by atomic mass is 32.2. The van der Waals surface area contributed by atoms with Gasteiger partial charge in [-0.1, -0.05) is 17.7 Å². The Balaban J connectivity index is 3.23. The molecule has 1 unspecified atom stereocenters. The van der Waals surface area contributed by atoms with Gasteiger partial charge in [-0.15, -0.1) is 0 Å². The molecule has 0 saturated carbocycles. The largest absolute Gasteiger partial charge is 0.357 e. The number of hydrogen-bond acceptors (Lipinski definition) is 4. The fourth-order valence-electron chi connectivity index (χ4n) is 1.05. The quantitative estimate of drug-likeness (QED) is 0.671. The first-order valence-electron chi connectivity index (χ1n) is 4.27. The Kier molecular flexibility index (Phi) is 3.56. The third-order valence-corrected chi connectivity index (χ3v) is 5.88. The van der Waals surface area contributed by atoms with Crippen molar-refractivity contribution in [3.05, 3.63) is 29.8 Å². The monoisotopic (exact) mass is 265 g/mol. The summed E-state index contributed by atoms with van der Waals surface area (Å²) in [7, 11) is -9.06. The summed E-state index contributed by atoms with van der Waals surface area (Å²) < 4.78 is 34.2. The van der Waals surface area contributed by atoms with E-state index in [-0.39, 0.29) is 4.90 Å². The van der Waals surface area contributed by atoms with Crippen molar-refractivity contribution in [2.75, 3.05) is 0 Å². The average molecular weight is 265 g/mol. The molecule has 0 saturated heterocycles. The molecule has 90 valence electrons. The maximum atomic E-state index is 11.7. The van der Waals surface area contributed by atoms with E-state index >= 15 is 0 Å². The molecule has 1 rings (SSSR count). The van der Waals surface area contributed by atoms with Gasteiger partial charge in [-0.2, -0.15) is 0 Å². The van der Waals surface area contributed by atoms with Crippen LogP contribution in [0.1, 0.15) is 5.56 Å². The van der Waals surface area contributed by atoms with Gasteiger partial charge in [0.2, 0.25) is 15.0 Å². The Labute approximate surface area is 93.2 Å². The first-order valence-corrected chi connectivity index (χ1v) is 7.50. The maximum Gasteiger partial charge on any atom is 0.357 e. The first kappa shape index (κ1) is 13.3. The smallest absolute Gasteiger partial charge is 0.323 e. The average Bonchev–Trinajstić information content (AvgIpc) is 2.16. The van der Waals surface area contributed by atoms with Crippen molar-refractivity contribution in [3.8, 4) is 0 Å². The molecule has 8 heteroatoms. The summed E-state index contributed by atoms with van der Waals surface area (Å²) in [5.41, 5.74) is 5.88. The van der Waals surface area contributed by atoms with E-state index in [0.29, 0.717) is 0 Å². The number of hydrogen-bond donors (Lipinski definition) is 3. The lowest BCUT2D eigenvalue weighted by molar-refractivity contribution is 0.368. The van der Waals surface area contributed by atoms with Crippen LogP contribution >= 0.6 is 7.60 Å². The van der Waals surface area contributed by atoms with Crippen molar-refractivity contribution < 1.29 is 22.8 Å². The van der Waals surface area contributed by atoms with Crippen molar-refractivity contribution in [1.29, 1.82) is 0 Å². The Bertz CT molecular complexity index is 518. The van der Waals surface area contributed by atoms with E-state index in [9.17, 15) is 13.0 Å². The molecular weight excluding hydrogens is 253 g/mol. The molecule has 1 atom stereocenters.